The summed E-state index contributed by atoms with van der Waals surface area (Å²) in [5.74, 6) is 1.87. The van der Waals surface area contributed by atoms with Crippen molar-refractivity contribution in [3.8, 4) is 22.8 Å². The first-order chi connectivity index (χ1) is 13.6. The summed E-state index contributed by atoms with van der Waals surface area (Å²) in [7, 11) is 3.21. The van der Waals surface area contributed by atoms with E-state index in [-0.39, 0.29) is 12.3 Å². The summed E-state index contributed by atoms with van der Waals surface area (Å²) in [5, 5.41) is 3.44. The predicted molar refractivity (Wildman–Crippen MR) is 107 cm³/mol. The van der Waals surface area contributed by atoms with Crippen molar-refractivity contribution >= 4 is 23.2 Å². The molecule has 0 fully saturated rings. The van der Waals surface area contributed by atoms with Gasteiger partial charge in [-0.05, 0) is 35.9 Å². The molecule has 4 rings (SSSR count). The SMILES string of the molecule is COc1ccc(Cc2ncc3c(n2)-c2ccc(Cl)cc2NC(=O)C3)cc1OC. The van der Waals surface area contributed by atoms with Gasteiger partial charge < -0.3 is 14.8 Å². The van der Waals surface area contributed by atoms with Crippen molar-refractivity contribution in [2.75, 3.05) is 19.5 Å². The molecule has 0 saturated heterocycles. The molecule has 0 radical (unpaired) electrons. The van der Waals surface area contributed by atoms with E-state index in [2.05, 4.69) is 10.3 Å². The Kier molecular flexibility index (Phi) is 4.88. The normalized spacial score (nSPS) is 12.5. The molecule has 142 valence electrons. The smallest absolute Gasteiger partial charge is 0.228 e. The molecule has 0 aliphatic carbocycles. The number of methoxy groups -OCH3 is 2. The second-order valence-corrected chi connectivity index (χ2v) is 6.88. The molecule has 1 amide bonds. The third kappa shape index (κ3) is 3.51. The van der Waals surface area contributed by atoms with Crippen LogP contribution in [0.25, 0.3) is 11.3 Å². The average molecular weight is 396 g/mol. The highest BCUT2D eigenvalue weighted by molar-refractivity contribution is 6.31. The van der Waals surface area contributed by atoms with Gasteiger partial charge in [-0.2, -0.15) is 0 Å². The number of carbonyl (C=O) groups excluding carboxylic acids is 1. The molecule has 0 spiro atoms. The fraction of sp³-hybridized carbons (Fsp3) is 0.190. The van der Waals surface area contributed by atoms with Crippen molar-refractivity contribution in [3.05, 3.63) is 64.6 Å². The van der Waals surface area contributed by atoms with Gasteiger partial charge in [0.1, 0.15) is 5.82 Å². The van der Waals surface area contributed by atoms with E-state index in [9.17, 15) is 4.79 Å². The van der Waals surface area contributed by atoms with E-state index in [1.165, 1.54) is 0 Å². The van der Waals surface area contributed by atoms with Crippen LogP contribution in [0.3, 0.4) is 0 Å². The minimum Gasteiger partial charge on any atom is -0.493 e. The van der Waals surface area contributed by atoms with E-state index in [4.69, 9.17) is 26.1 Å². The van der Waals surface area contributed by atoms with Gasteiger partial charge >= 0.3 is 0 Å². The van der Waals surface area contributed by atoms with E-state index in [1.807, 2.05) is 24.3 Å². The Labute approximate surface area is 167 Å². The number of benzene rings is 2. The van der Waals surface area contributed by atoms with Crippen molar-refractivity contribution in [1.29, 1.82) is 0 Å². The molecule has 0 atom stereocenters. The molecule has 2 aromatic carbocycles. The summed E-state index contributed by atoms with van der Waals surface area (Å²) >= 11 is 6.09. The van der Waals surface area contributed by atoms with Crippen molar-refractivity contribution in [1.82, 2.24) is 9.97 Å². The van der Waals surface area contributed by atoms with Gasteiger partial charge in [0.2, 0.25) is 5.91 Å². The zero-order valence-electron chi connectivity index (χ0n) is 15.5. The number of nitrogens with one attached hydrogen (secondary N) is 1. The fourth-order valence-corrected chi connectivity index (χ4v) is 3.43. The number of nitrogens with zero attached hydrogens (tertiary/aromatic N) is 2. The number of hydrogen-bond donors (Lipinski definition) is 1. The summed E-state index contributed by atoms with van der Waals surface area (Å²) < 4.78 is 10.6. The van der Waals surface area contributed by atoms with Gasteiger partial charge in [0.05, 0.1) is 32.0 Å². The van der Waals surface area contributed by atoms with Crippen LogP contribution in [0.5, 0.6) is 11.5 Å². The summed E-state index contributed by atoms with van der Waals surface area (Å²) in [6.45, 7) is 0. The molecular formula is C21H18ClN3O3. The molecule has 7 heteroatoms. The molecule has 1 aliphatic rings. The topological polar surface area (TPSA) is 73.3 Å². The third-order valence-electron chi connectivity index (χ3n) is 4.59. The van der Waals surface area contributed by atoms with Gasteiger partial charge in [-0.3, -0.25) is 4.79 Å². The zero-order valence-corrected chi connectivity index (χ0v) is 16.2. The van der Waals surface area contributed by atoms with Gasteiger partial charge in [-0.15, -0.1) is 0 Å². The molecule has 0 unspecified atom stereocenters. The van der Waals surface area contributed by atoms with Crippen LogP contribution in [0.1, 0.15) is 17.0 Å². The highest BCUT2D eigenvalue weighted by Crippen LogP contribution is 2.34. The molecule has 0 bridgehead atoms. The van der Waals surface area contributed by atoms with Crippen LogP contribution >= 0.6 is 11.6 Å². The van der Waals surface area contributed by atoms with Crippen molar-refractivity contribution in [2.45, 2.75) is 12.8 Å². The Morgan fingerprint density at radius 1 is 1.11 bits per heavy atom. The number of aromatic nitrogens is 2. The Morgan fingerprint density at radius 3 is 2.71 bits per heavy atom. The minimum atomic E-state index is -0.112. The zero-order chi connectivity index (χ0) is 19.7. The maximum atomic E-state index is 12.2. The largest absolute Gasteiger partial charge is 0.493 e. The van der Waals surface area contributed by atoms with E-state index in [1.54, 1.807) is 32.5 Å². The van der Waals surface area contributed by atoms with Gasteiger partial charge in [0.25, 0.3) is 0 Å². The molecule has 0 saturated carbocycles. The standard InChI is InChI=1S/C21H18ClN3O3/c1-27-17-6-3-12(7-18(17)28-2)8-19-23-11-13-9-20(26)24-16-10-14(22)4-5-15(16)21(13)25-19/h3-7,10-11H,8-9H2,1-2H3,(H,24,26). The lowest BCUT2D eigenvalue weighted by molar-refractivity contribution is -0.115. The van der Waals surface area contributed by atoms with Gasteiger partial charge in [-0.25, -0.2) is 9.97 Å². The highest BCUT2D eigenvalue weighted by atomic mass is 35.5. The van der Waals surface area contributed by atoms with Crippen LogP contribution in [0, 0.1) is 0 Å². The first-order valence-corrected chi connectivity index (χ1v) is 9.10. The first kappa shape index (κ1) is 18.3. The average Bonchev–Trinajstić information content (AvgIpc) is 2.82. The Bertz CT molecular complexity index is 1070. The fourth-order valence-electron chi connectivity index (χ4n) is 3.26. The lowest BCUT2D eigenvalue weighted by atomic mass is 10.0. The summed E-state index contributed by atoms with van der Waals surface area (Å²) in [5.41, 5.74) is 4.02. The number of anilines is 1. The Morgan fingerprint density at radius 2 is 1.93 bits per heavy atom. The van der Waals surface area contributed by atoms with Crippen molar-refractivity contribution < 1.29 is 14.3 Å². The van der Waals surface area contributed by atoms with Crippen LogP contribution < -0.4 is 14.8 Å². The number of halogens is 1. The predicted octanol–water partition coefficient (Wildman–Crippen LogP) is 3.90. The van der Waals surface area contributed by atoms with Crippen LogP contribution in [0.2, 0.25) is 5.02 Å². The maximum Gasteiger partial charge on any atom is 0.228 e. The van der Waals surface area contributed by atoms with Crippen LogP contribution in [0.15, 0.2) is 42.6 Å². The van der Waals surface area contributed by atoms with E-state index >= 15 is 0 Å². The Hall–Kier alpha value is -3.12. The number of ether oxygens (including phenoxy) is 2. The number of carbonyl (C=O) groups is 1. The van der Waals surface area contributed by atoms with Crippen LogP contribution in [0.4, 0.5) is 5.69 Å². The van der Waals surface area contributed by atoms with Gasteiger partial charge in [0, 0.05) is 28.8 Å². The lowest BCUT2D eigenvalue weighted by Crippen LogP contribution is -2.12. The number of hydrogen-bond acceptors (Lipinski definition) is 5. The van der Waals surface area contributed by atoms with E-state index in [0.29, 0.717) is 34.5 Å². The van der Waals surface area contributed by atoms with Crippen LogP contribution in [-0.4, -0.2) is 30.1 Å². The minimum absolute atomic E-state index is 0.112. The second-order valence-electron chi connectivity index (χ2n) is 6.44. The van der Waals surface area contributed by atoms with E-state index < -0.39 is 0 Å². The molecule has 1 N–H and O–H groups in total. The summed E-state index contributed by atoms with van der Waals surface area (Å²) in [6.07, 6.45) is 2.47. The van der Waals surface area contributed by atoms with E-state index in [0.717, 1.165) is 22.4 Å². The lowest BCUT2D eigenvalue weighted by Gasteiger charge is -2.11. The monoisotopic (exact) mass is 395 g/mol. The first-order valence-electron chi connectivity index (χ1n) is 8.73. The molecule has 2 heterocycles. The number of amides is 1. The van der Waals surface area contributed by atoms with Crippen LogP contribution in [-0.2, 0) is 17.6 Å². The molecule has 28 heavy (non-hydrogen) atoms. The van der Waals surface area contributed by atoms with Crippen molar-refractivity contribution in [3.63, 3.8) is 0 Å². The second kappa shape index (κ2) is 7.48. The molecule has 3 aromatic rings. The Balaban J connectivity index is 1.73. The quantitative estimate of drug-likeness (QED) is 0.725. The summed E-state index contributed by atoms with van der Waals surface area (Å²) in [6, 6.07) is 11.1. The molecule has 6 nitrogen and oxygen atoms in total. The van der Waals surface area contributed by atoms with Gasteiger partial charge in [0.15, 0.2) is 11.5 Å². The van der Waals surface area contributed by atoms with Crippen molar-refractivity contribution in [2.24, 2.45) is 0 Å². The third-order valence-corrected chi connectivity index (χ3v) is 4.82. The molecule has 1 aliphatic heterocycles. The number of rotatable bonds is 4. The highest BCUT2D eigenvalue weighted by Gasteiger charge is 2.21. The molecule has 1 aromatic heterocycles. The summed E-state index contributed by atoms with van der Waals surface area (Å²) in [4.78, 5) is 21.4. The molecular weight excluding hydrogens is 378 g/mol. The maximum absolute atomic E-state index is 12.2. The number of fused-ring (bicyclic) bond motifs is 3. The van der Waals surface area contributed by atoms with Gasteiger partial charge in [-0.1, -0.05) is 17.7 Å².